The number of nitrogens with zero attached hydrogens (tertiary/aromatic N) is 4. The molecule has 1 amide bonds. The van der Waals surface area contributed by atoms with Gasteiger partial charge in [0.1, 0.15) is 0 Å². The molecule has 6 heteroatoms. The fourth-order valence-corrected chi connectivity index (χ4v) is 3.35. The van der Waals surface area contributed by atoms with Crippen molar-refractivity contribution in [2.45, 2.75) is 20.4 Å². The van der Waals surface area contributed by atoms with Gasteiger partial charge in [-0.2, -0.15) is 5.10 Å². The third-order valence-electron chi connectivity index (χ3n) is 4.75. The Labute approximate surface area is 152 Å². The maximum absolute atomic E-state index is 12.8. The van der Waals surface area contributed by atoms with Gasteiger partial charge in [-0.05, 0) is 43.7 Å². The summed E-state index contributed by atoms with van der Waals surface area (Å²) in [4.78, 5) is 19.3. The quantitative estimate of drug-likeness (QED) is 0.729. The molecule has 0 bridgehead atoms. The molecule has 2 aromatic heterocycles. The second kappa shape index (κ2) is 6.88. The minimum atomic E-state index is 0.0472. The Bertz CT molecular complexity index is 958. The first-order valence-electron chi connectivity index (χ1n) is 8.97. The van der Waals surface area contributed by atoms with Gasteiger partial charge < -0.3 is 9.64 Å². The SMILES string of the molecule is CCn1cc(-c2cc(C)nc3ccc(C(=O)N4CCOCC4)cc23)cn1. The lowest BCUT2D eigenvalue weighted by Crippen LogP contribution is -2.40. The number of aromatic nitrogens is 3. The van der Waals surface area contributed by atoms with Crippen LogP contribution in [0, 0.1) is 6.92 Å². The summed E-state index contributed by atoms with van der Waals surface area (Å²) in [7, 11) is 0. The zero-order valence-corrected chi connectivity index (χ0v) is 15.1. The minimum absolute atomic E-state index is 0.0472. The van der Waals surface area contributed by atoms with Crippen molar-refractivity contribution >= 4 is 16.8 Å². The molecule has 26 heavy (non-hydrogen) atoms. The molecule has 0 radical (unpaired) electrons. The fourth-order valence-electron chi connectivity index (χ4n) is 3.35. The van der Waals surface area contributed by atoms with Crippen LogP contribution in [0.25, 0.3) is 22.0 Å². The van der Waals surface area contributed by atoms with Crippen molar-refractivity contribution in [1.29, 1.82) is 0 Å². The molecule has 0 saturated carbocycles. The smallest absolute Gasteiger partial charge is 0.254 e. The number of aryl methyl sites for hydroxylation is 2. The van der Waals surface area contributed by atoms with Gasteiger partial charge >= 0.3 is 0 Å². The Kier molecular flexibility index (Phi) is 4.42. The number of carbonyl (C=O) groups is 1. The molecule has 0 spiro atoms. The number of morpholine rings is 1. The van der Waals surface area contributed by atoms with Crippen LogP contribution in [0.1, 0.15) is 23.0 Å². The molecule has 3 heterocycles. The maximum Gasteiger partial charge on any atom is 0.254 e. The van der Waals surface area contributed by atoms with Crippen molar-refractivity contribution in [2.75, 3.05) is 26.3 Å². The molecule has 0 unspecified atom stereocenters. The zero-order chi connectivity index (χ0) is 18.1. The molecular weight excluding hydrogens is 328 g/mol. The molecule has 3 aromatic rings. The van der Waals surface area contributed by atoms with Crippen LogP contribution in [0.3, 0.4) is 0 Å². The largest absolute Gasteiger partial charge is 0.378 e. The molecule has 4 rings (SSSR count). The predicted molar refractivity (Wildman–Crippen MR) is 100 cm³/mol. The van der Waals surface area contributed by atoms with Crippen LogP contribution in [-0.2, 0) is 11.3 Å². The van der Waals surface area contributed by atoms with E-state index in [1.165, 1.54) is 0 Å². The Morgan fingerprint density at radius 3 is 2.77 bits per heavy atom. The highest BCUT2D eigenvalue weighted by Crippen LogP contribution is 2.29. The van der Waals surface area contributed by atoms with Gasteiger partial charge in [-0.3, -0.25) is 14.5 Å². The summed E-state index contributed by atoms with van der Waals surface area (Å²) in [6.45, 7) is 7.34. The first-order valence-corrected chi connectivity index (χ1v) is 8.97. The second-order valence-corrected chi connectivity index (χ2v) is 6.53. The van der Waals surface area contributed by atoms with E-state index in [1.807, 2.05) is 47.1 Å². The van der Waals surface area contributed by atoms with Crippen LogP contribution in [0.2, 0.25) is 0 Å². The lowest BCUT2D eigenvalue weighted by atomic mass is 10.0. The summed E-state index contributed by atoms with van der Waals surface area (Å²) >= 11 is 0. The standard InChI is InChI=1S/C20H22N4O2/c1-3-24-13-16(12-21-24)17-10-14(2)22-19-5-4-15(11-18(17)19)20(25)23-6-8-26-9-7-23/h4-5,10-13H,3,6-9H2,1-2H3. The van der Waals surface area contributed by atoms with E-state index in [0.29, 0.717) is 31.9 Å². The summed E-state index contributed by atoms with van der Waals surface area (Å²) in [5.74, 6) is 0.0472. The molecule has 6 nitrogen and oxygen atoms in total. The van der Waals surface area contributed by atoms with Crippen molar-refractivity contribution in [1.82, 2.24) is 19.7 Å². The Hall–Kier alpha value is -2.73. The molecule has 1 fully saturated rings. The minimum Gasteiger partial charge on any atom is -0.378 e. The fraction of sp³-hybridized carbons (Fsp3) is 0.350. The number of rotatable bonds is 3. The number of hydrogen-bond acceptors (Lipinski definition) is 4. The Morgan fingerprint density at radius 2 is 2.04 bits per heavy atom. The van der Waals surface area contributed by atoms with Crippen molar-refractivity contribution in [3.63, 3.8) is 0 Å². The molecule has 1 aromatic carbocycles. The van der Waals surface area contributed by atoms with Crippen LogP contribution < -0.4 is 0 Å². The van der Waals surface area contributed by atoms with Gasteiger partial charge in [-0.25, -0.2) is 0 Å². The summed E-state index contributed by atoms with van der Waals surface area (Å²) < 4.78 is 7.25. The van der Waals surface area contributed by atoms with Gasteiger partial charge in [-0.1, -0.05) is 0 Å². The van der Waals surface area contributed by atoms with Crippen LogP contribution in [0.4, 0.5) is 0 Å². The summed E-state index contributed by atoms with van der Waals surface area (Å²) in [6.07, 6.45) is 3.90. The molecule has 0 aliphatic carbocycles. The van der Waals surface area contributed by atoms with E-state index in [1.54, 1.807) is 0 Å². The molecule has 0 N–H and O–H groups in total. The van der Waals surface area contributed by atoms with Crippen molar-refractivity contribution in [3.8, 4) is 11.1 Å². The van der Waals surface area contributed by atoms with Gasteiger partial charge in [0.25, 0.3) is 5.91 Å². The van der Waals surface area contributed by atoms with E-state index < -0.39 is 0 Å². The maximum atomic E-state index is 12.8. The normalized spacial score (nSPS) is 14.8. The number of hydrogen-bond donors (Lipinski definition) is 0. The van der Waals surface area contributed by atoms with E-state index in [-0.39, 0.29) is 5.91 Å². The van der Waals surface area contributed by atoms with Crippen molar-refractivity contribution in [2.24, 2.45) is 0 Å². The number of fused-ring (bicyclic) bond motifs is 1. The monoisotopic (exact) mass is 350 g/mol. The number of ether oxygens (including phenoxy) is 1. The lowest BCUT2D eigenvalue weighted by molar-refractivity contribution is 0.0303. The topological polar surface area (TPSA) is 60.2 Å². The summed E-state index contributed by atoms with van der Waals surface area (Å²) in [6, 6.07) is 7.82. The number of benzene rings is 1. The molecular formula is C20H22N4O2. The summed E-state index contributed by atoms with van der Waals surface area (Å²) in [5.41, 5.74) is 4.63. The lowest BCUT2D eigenvalue weighted by Gasteiger charge is -2.27. The van der Waals surface area contributed by atoms with Crippen LogP contribution in [0.5, 0.6) is 0 Å². The summed E-state index contributed by atoms with van der Waals surface area (Å²) in [5, 5.41) is 5.36. The first kappa shape index (κ1) is 16.7. The van der Waals surface area contributed by atoms with E-state index in [2.05, 4.69) is 23.1 Å². The van der Waals surface area contributed by atoms with Gasteiger partial charge in [0.05, 0.1) is 24.9 Å². The van der Waals surface area contributed by atoms with E-state index in [0.717, 1.165) is 34.3 Å². The highest BCUT2D eigenvalue weighted by molar-refractivity contribution is 6.02. The van der Waals surface area contributed by atoms with Gasteiger partial charge in [0, 0.05) is 48.0 Å². The third-order valence-corrected chi connectivity index (χ3v) is 4.75. The number of pyridine rings is 1. The number of amides is 1. The van der Waals surface area contributed by atoms with Gasteiger partial charge in [0.15, 0.2) is 0 Å². The van der Waals surface area contributed by atoms with Gasteiger partial charge in [-0.15, -0.1) is 0 Å². The average molecular weight is 350 g/mol. The Balaban J connectivity index is 1.79. The highest BCUT2D eigenvalue weighted by atomic mass is 16.5. The van der Waals surface area contributed by atoms with Gasteiger partial charge in [0.2, 0.25) is 0 Å². The molecule has 134 valence electrons. The first-order chi connectivity index (χ1) is 12.7. The highest BCUT2D eigenvalue weighted by Gasteiger charge is 2.19. The molecule has 1 aliphatic rings. The second-order valence-electron chi connectivity index (χ2n) is 6.53. The van der Waals surface area contributed by atoms with Crippen LogP contribution in [-0.4, -0.2) is 51.9 Å². The zero-order valence-electron chi connectivity index (χ0n) is 15.1. The third kappa shape index (κ3) is 3.08. The predicted octanol–water partition coefficient (Wildman–Crippen LogP) is 2.90. The van der Waals surface area contributed by atoms with E-state index in [4.69, 9.17) is 4.74 Å². The van der Waals surface area contributed by atoms with Crippen LogP contribution >= 0.6 is 0 Å². The van der Waals surface area contributed by atoms with Crippen molar-refractivity contribution in [3.05, 3.63) is 47.9 Å². The number of carbonyl (C=O) groups excluding carboxylic acids is 1. The van der Waals surface area contributed by atoms with Crippen molar-refractivity contribution < 1.29 is 9.53 Å². The molecule has 0 atom stereocenters. The van der Waals surface area contributed by atoms with E-state index >= 15 is 0 Å². The average Bonchev–Trinajstić information content (AvgIpc) is 3.16. The molecule has 1 saturated heterocycles. The van der Waals surface area contributed by atoms with Crippen LogP contribution in [0.15, 0.2) is 36.7 Å². The molecule has 1 aliphatic heterocycles. The van der Waals surface area contributed by atoms with E-state index in [9.17, 15) is 4.79 Å². The Morgan fingerprint density at radius 1 is 1.23 bits per heavy atom.